The summed E-state index contributed by atoms with van der Waals surface area (Å²) >= 11 is 5.11. The van der Waals surface area contributed by atoms with Crippen LogP contribution in [0.1, 0.15) is 26.3 Å². The molecule has 6 heteroatoms. The van der Waals surface area contributed by atoms with Crippen LogP contribution in [0.5, 0.6) is 0 Å². The van der Waals surface area contributed by atoms with Gasteiger partial charge in [0, 0.05) is 18.7 Å². The Hall–Kier alpha value is -1.95. The number of thiocarbonyl (C=S) groups is 1. The molecule has 1 rings (SSSR count). The Labute approximate surface area is 131 Å². The molecule has 0 saturated carbocycles. The minimum Gasteiger partial charge on any atom is -0.450 e. The predicted octanol–water partition coefficient (Wildman–Crippen LogP) is 2.81. The van der Waals surface area contributed by atoms with Gasteiger partial charge in [0.05, 0.1) is 6.61 Å². The number of carbonyl (C=O) groups excluding carboxylic acids is 1. The molecule has 0 atom stereocenters. The number of ether oxygens (including phenoxy) is 1. The maximum absolute atomic E-state index is 11.4. The molecule has 0 aliphatic rings. The minimum absolute atomic E-state index is 0.0965. The zero-order valence-electron chi connectivity index (χ0n) is 12.6. The van der Waals surface area contributed by atoms with Gasteiger partial charge in [0.15, 0.2) is 0 Å². The molecule has 0 saturated heterocycles. The standard InChI is InChI=1S/C15H21N3O2S/c1-4-18(5-2)13(12-10-8-7-9-11-12)16-14(21)17-15(19)20-6-3/h7-11H,4-6H2,1-3H3,(H,17,19,21). The van der Waals surface area contributed by atoms with Crippen molar-refractivity contribution in [2.75, 3.05) is 19.7 Å². The van der Waals surface area contributed by atoms with E-state index in [2.05, 4.69) is 15.2 Å². The number of amidine groups is 1. The zero-order valence-corrected chi connectivity index (χ0v) is 13.4. The third-order valence-corrected chi connectivity index (χ3v) is 2.98. The lowest BCUT2D eigenvalue weighted by Crippen LogP contribution is -2.35. The third kappa shape index (κ3) is 5.51. The van der Waals surface area contributed by atoms with Gasteiger partial charge in [-0.25, -0.2) is 9.79 Å². The Morgan fingerprint density at radius 3 is 2.38 bits per heavy atom. The number of alkyl carbamates (subject to hydrolysis) is 1. The van der Waals surface area contributed by atoms with Gasteiger partial charge in [0.1, 0.15) is 5.84 Å². The summed E-state index contributed by atoms with van der Waals surface area (Å²) in [5.74, 6) is 0.738. The molecule has 0 fully saturated rings. The number of nitrogens with zero attached hydrogens (tertiary/aromatic N) is 2. The van der Waals surface area contributed by atoms with E-state index in [0.717, 1.165) is 24.5 Å². The van der Waals surface area contributed by atoms with Crippen LogP contribution < -0.4 is 5.32 Å². The summed E-state index contributed by atoms with van der Waals surface area (Å²) in [5, 5.41) is 2.54. The maximum atomic E-state index is 11.4. The molecule has 21 heavy (non-hydrogen) atoms. The monoisotopic (exact) mass is 307 g/mol. The number of aliphatic imine (C=N–C) groups is 1. The van der Waals surface area contributed by atoms with Crippen LogP contribution in [0.3, 0.4) is 0 Å². The fourth-order valence-corrected chi connectivity index (χ4v) is 1.98. The van der Waals surface area contributed by atoms with Crippen LogP contribution in [-0.4, -0.2) is 41.6 Å². The molecule has 0 bridgehead atoms. The molecule has 0 aliphatic heterocycles. The highest BCUT2D eigenvalue weighted by molar-refractivity contribution is 7.80. The second-order valence-electron chi connectivity index (χ2n) is 4.12. The van der Waals surface area contributed by atoms with Gasteiger partial charge >= 0.3 is 6.09 Å². The molecule has 114 valence electrons. The fraction of sp³-hybridized carbons (Fsp3) is 0.400. The average molecular weight is 307 g/mol. The molecule has 5 nitrogen and oxygen atoms in total. The predicted molar refractivity (Wildman–Crippen MR) is 88.7 cm³/mol. The Balaban J connectivity index is 2.98. The molecule has 1 amide bonds. The largest absolute Gasteiger partial charge is 0.450 e. The number of hydrogen-bond donors (Lipinski definition) is 1. The van der Waals surface area contributed by atoms with Crippen LogP contribution in [0.2, 0.25) is 0 Å². The van der Waals surface area contributed by atoms with E-state index in [1.165, 1.54) is 0 Å². The van der Waals surface area contributed by atoms with E-state index < -0.39 is 6.09 Å². The highest BCUT2D eigenvalue weighted by atomic mass is 32.1. The van der Waals surface area contributed by atoms with Gasteiger partial charge in [-0.05, 0) is 33.0 Å². The molecular formula is C15H21N3O2S. The van der Waals surface area contributed by atoms with Gasteiger partial charge in [-0.1, -0.05) is 30.3 Å². The van der Waals surface area contributed by atoms with E-state index in [1.807, 2.05) is 44.2 Å². The SMILES string of the molecule is CCOC(=O)NC(=S)N=C(c1ccccc1)N(CC)CC. The number of nitrogens with one attached hydrogen (secondary N) is 1. The summed E-state index contributed by atoms with van der Waals surface area (Å²) in [7, 11) is 0. The van der Waals surface area contributed by atoms with Gasteiger partial charge < -0.3 is 9.64 Å². The number of amides is 1. The smallest absolute Gasteiger partial charge is 0.413 e. The van der Waals surface area contributed by atoms with Gasteiger partial charge in [-0.15, -0.1) is 0 Å². The number of hydrogen-bond acceptors (Lipinski definition) is 3. The van der Waals surface area contributed by atoms with Crippen molar-refractivity contribution in [3.8, 4) is 0 Å². The van der Waals surface area contributed by atoms with Crippen LogP contribution in [0.15, 0.2) is 35.3 Å². The van der Waals surface area contributed by atoms with Crippen molar-refractivity contribution in [1.29, 1.82) is 0 Å². The van der Waals surface area contributed by atoms with Gasteiger partial charge in [0.25, 0.3) is 0 Å². The van der Waals surface area contributed by atoms with Crippen LogP contribution in [0.4, 0.5) is 4.79 Å². The lowest BCUT2D eigenvalue weighted by atomic mass is 10.2. The van der Waals surface area contributed by atoms with Gasteiger partial charge in [0.2, 0.25) is 5.11 Å². The Bertz CT molecular complexity index is 499. The Kier molecular flexibility index (Phi) is 7.39. The van der Waals surface area contributed by atoms with Crippen molar-refractivity contribution in [3.63, 3.8) is 0 Å². The topological polar surface area (TPSA) is 53.9 Å². The summed E-state index contributed by atoms with van der Waals surface area (Å²) in [4.78, 5) is 17.8. The first-order chi connectivity index (χ1) is 10.1. The number of benzene rings is 1. The first-order valence-corrected chi connectivity index (χ1v) is 7.39. The van der Waals surface area contributed by atoms with Gasteiger partial charge in [-0.2, -0.15) is 0 Å². The summed E-state index contributed by atoms with van der Waals surface area (Å²) in [6.45, 7) is 7.71. The van der Waals surface area contributed by atoms with Crippen LogP contribution in [0, 0.1) is 0 Å². The van der Waals surface area contributed by atoms with E-state index in [-0.39, 0.29) is 5.11 Å². The average Bonchev–Trinajstić information content (AvgIpc) is 2.48. The molecule has 0 spiro atoms. The van der Waals surface area contributed by atoms with Crippen LogP contribution >= 0.6 is 12.2 Å². The third-order valence-electron chi connectivity index (χ3n) is 2.79. The molecule has 0 unspecified atom stereocenters. The first kappa shape index (κ1) is 17.1. The first-order valence-electron chi connectivity index (χ1n) is 6.99. The van der Waals surface area contributed by atoms with Crippen molar-refractivity contribution in [2.24, 2.45) is 4.99 Å². The summed E-state index contributed by atoms with van der Waals surface area (Å²) in [6, 6.07) is 9.75. The molecule has 0 aliphatic carbocycles. The van der Waals surface area contributed by atoms with Crippen molar-refractivity contribution < 1.29 is 9.53 Å². The Morgan fingerprint density at radius 1 is 1.24 bits per heavy atom. The van der Waals surface area contributed by atoms with Crippen LogP contribution in [0.25, 0.3) is 0 Å². The molecular weight excluding hydrogens is 286 g/mol. The molecule has 1 aromatic rings. The van der Waals surface area contributed by atoms with Crippen molar-refractivity contribution >= 4 is 29.3 Å². The molecule has 0 heterocycles. The summed E-state index contributed by atoms with van der Waals surface area (Å²) < 4.78 is 4.79. The van der Waals surface area contributed by atoms with Crippen molar-refractivity contribution in [1.82, 2.24) is 10.2 Å². The van der Waals surface area contributed by atoms with E-state index in [9.17, 15) is 4.79 Å². The maximum Gasteiger partial charge on any atom is 0.413 e. The molecule has 1 aromatic carbocycles. The molecule has 0 radical (unpaired) electrons. The lowest BCUT2D eigenvalue weighted by Gasteiger charge is -2.23. The second-order valence-corrected chi connectivity index (χ2v) is 4.51. The van der Waals surface area contributed by atoms with Crippen molar-refractivity contribution in [3.05, 3.63) is 35.9 Å². The van der Waals surface area contributed by atoms with Crippen LogP contribution in [-0.2, 0) is 4.74 Å². The number of carbonyl (C=O) groups is 1. The van der Waals surface area contributed by atoms with E-state index >= 15 is 0 Å². The number of rotatable bonds is 4. The molecule has 1 N–H and O–H groups in total. The normalized spacial score (nSPS) is 10.9. The van der Waals surface area contributed by atoms with Gasteiger partial charge in [-0.3, -0.25) is 5.32 Å². The van der Waals surface area contributed by atoms with Crippen molar-refractivity contribution in [2.45, 2.75) is 20.8 Å². The summed E-state index contributed by atoms with van der Waals surface area (Å²) in [6.07, 6.45) is -0.585. The summed E-state index contributed by atoms with van der Waals surface area (Å²) in [5.41, 5.74) is 0.953. The van der Waals surface area contributed by atoms with E-state index in [4.69, 9.17) is 17.0 Å². The highest BCUT2D eigenvalue weighted by Gasteiger charge is 2.12. The zero-order chi connectivity index (χ0) is 15.7. The lowest BCUT2D eigenvalue weighted by molar-refractivity contribution is 0.158. The molecule has 0 aromatic heterocycles. The Morgan fingerprint density at radius 2 is 1.86 bits per heavy atom. The quantitative estimate of drug-likeness (QED) is 0.528. The van der Waals surface area contributed by atoms with E-state index in [0.29, 0.717) is 6.61 Å². The second kappa shape index (κ2) is 9.07. The van der Waals surface area contributed by atoms with E-state index in [1.54, 1.807) is 6.92 Å². The highest BCUT2D eigenvalue weighted by Crippen LogP contribution is 2.06. The minimum atomic E-state index is -0.585. The fourth-order valence-electron chi connectivity index (χ4n) is 1.81.